The van der Waals surface area contributed by atoms with Gasteiger partial charge in [-0.25, -0.2) is 14.8 Å². The first-order chi connectivity index (χ1) is 11.7. The average molecular weight is 347 g/mol. The molecule has 0 radical (unpaired) electrons. The summed E-state index contributed by atoms with van der Waals surface area (Å²) in [7, 11) is 0. The van der Waals surface area contributed by atoms with Crippen LogP contribution < -0.4 is 19.5 Å². The van der Waals surface area contributed by atoms with Crippen LogP contribution in [0.3, 0.4) is 0 Å². The van der Waals surface area contributed by atoms with E-state index in [2.05, 4.69) is 21.4 Å². The number of carbonyl (C=O) groups is 1. The molecule has 8 nitrogen and oxygen atoms in total. The number of carbonyl (C=O) groups excluding carboxylic acids is 1. The fourth-order valence-corrected chi connectivity index (χ4v) is 2.24. The summed E-state index contributed by atoms with van der Waals surface area (Å²) in [5.74, 6) is 1.18. The number of ether oxygens (including phenoxy) is 3. The second-order valence-electron chi connectivity index (χ2n) is 4.72. The Morgan fingerprint density at radius 2 is 2.12 bits per heavy atom. The summed E-state index contributed by atoms with van der Waals surface area (Å²) < 4.78 is 15.5. The Labute approximate surface area is 141 Å². The molecule has 2 heterocycles. The van der Waals surface area contributed by atoms with Crippen molar-refractivity contribution in [2.75, 3.05) is 13.3 Å². The van der Waals surface area contributed by atoms with Gasteiger partial charge in [-0.05, 0) is 18.1 Å². The minimum atomic E-state index is -0.677. The second kappa shape index (κ2) is 7.02. The van der Waals surface area contributed by atoms with E-state index in [-0.39, 0.29) is 24.4 Å². The summed E-state index contributed by atoms with van der Waals surface area (Å²) in [6.45, 7) is 0.404. The lowest BCUT2D eigenvalue weighted by molar-refractivity contribution is 0.174. The second-order valence-corrected chi connectivity index (χ2v) is 5.11. The highest BCUT2D eigenvalue weighted by molar-refractivity contribution is 6.29. The fraction of sp³-hybridized carbons (Fsp3) is 0.200. The van der Waals surface area contributed by atoms with Gasteiger partial charge in [0.15, 0.2) is 11.5 Å². The Bertz CT molecular complexity index is 822. The van der Waals surface area contributed by atoms with Gasteiger partial charge in [-0.1, -0.05) is 11.6 Å². The molecule has 0 aliphatic carbocycles. The topological polar surface area (TPSA) is 106 Å². The molecule has 9 heteroatoms. The Morgan fingerprint density at radius 1 is 1.33 bits per heavy atom. The van der Waals surface area contributed by atoms with Gasteiger partial charge in [0.2, 0.25) is 12.7 Å². The number of nitrogens with one attached hydrogen (secondary N) is 1. The van der Waals surface area contributed by atoms with Crippen LogP contribution in [0.1, 0.15) is 11.1 Å². The first kappa shape index (κ1) is 15.8. The van der Waals surface area contributed by atoms with Crippen molar-refractivity contribution in [1.29, 1.82) is 5.26 Å². The number of hydrogen-bond acceptors (Lipinski definition) is 7. The molecule has 1 aromatic heterocycles. The molecule has 24 heavy (non-hydrogen) atoms. The van der Waals surface area contributed by atoms with Crippen LogP contribution in [0, 0.1) is 11.3 Å². The van der Waals surface area contributed by atoms with Crippen molar-refractivity contribution in [2.24, 2.45) is 0 Å². The predicted octanol–water partition coefficient (Wildman–Crippen LogP) is 2.06. The van der Waals surface area contributed by atoms with Crippen LogP contribution in [0.2, 0.25) is 5.15 Å². The minimum Gasteiger partial charge on any atom is -0.454 e. The zero-order valence-corrected chi connectivity index (χ0v) is 13.0. The summed E-state index contributed by atoms with van der Waals surface area (Å²) >= 11 is 5.68. The monoisotopic (exact) mass is 346 g/mol. The van der Waals surface area contributed by atoms with Crippen molar-refractivity contribution in [1.82, 2.24) is 15.3 Å². The lowest BCUT2D eigenvalue weighted by Crippen LogP contribution is -2.29. The van der Waals surface area contributed by atoms with Crippen LogP contribution in [0.4, 0.5) is 4.79 Å². The summed E-state index contributed by atoms with van der Waals surface area (Å²) in [5.41, 5.74) is 1.21. The van der Waals surface area contributed by atoms with Crippen LogP contribution in [0.15, 0.2) is 24.5 Å². The number of benzene rings is 1. The summed E-state index contributed by atoms with van der Waals surface area (Å²) in [4.78, 5) is 19.2. The maximum absolute atomic E-state index is 11.7. The standard InChI is InChI=1S/C15H11ClN4O4/c16-13-5-14(20-7-19-13)24-15(21)18-2-1-9-3-11-12(23-8-22-11)4-10(9)6-17/h3-5,7H,1-2,8H2,(H,18,21). The molecule has 122 valence electrons. The van der Waals surface area contributed by atoms with Gasteiger partial charge in [0, 0.05) is 18.7 Å². The molecule has 0 unspecified atom stereocenters. The van der Waals surface area contributed by atoms with Crippen molar-refractivity contribution >= 4 is 17.7 Å². The van der Waals surface area contributed by atoms with Crippen molar-refractivity contribution < 1.29 is 19.0 Å². The van der Waals surface area contributed by atoms with E-state index in [4.69, 9.17) is 25.8 Å². The Kier molecular flexibility index (Phi) is 4.63. The van der Waals surface area contributed by atoms with Crippen molar-refractivity contribution in [2.45, 2.75) is 6.42 Å². The number of aromatic nitrogens is 2. The Balaban J connectivity index is 1.57. The van der Waals surface area contributed by atoms with E-state index in [0.29, 0.717) is 23.5 Å². The molecule has 1 aliphatic rings. The van der Waals surface area contributed by atoms with Crippen molar-refractivity contribution in [3.63, 3.8) is 0 Å². The summed E-state index contributed by atoms with van der Waals surface area (Å²) in [6.07, 6.45) is 0.944. The van der Waals surface area contributed by atoms with Gasteiger partial charge >= 0.3 is 6.09 Å². The van der Waals surface area contributed by atoms with E-state index in [9.17, 15) is 10.1 Å². The number of nitriles is 1. The van der Waals surface area contributed by atoms with Gasteiger partial charge in [0.25, 0.3) is 0 Å². The normalized spacial score (nSPS) is 11.7. The third-order valence-electron chi connectivity index (χ3n) is 3.19. The maximum Gasteiger partial charge on any atom is 0.413 e. The molecule has 0 bridgehead atoms. The van der Waals surface area contributed by atoms with Crippen molar-refractivity contribution in [3.8, 4) is 23.4 Å². The number of rotatable bonds is 4. The van der Waals surface area contributed by atoms with E-state index in [0.717, 1.165) is 5.56 Å². The molecule has 1 amide bonds. The van der Waals surface area contributed by atoms with Gasteiger partial charge in [0.05, 0.1) is 11.6 Å². The molecular formula is C15H11ClN4O4. The van der Waals surface area contributed by atoms with Gasteiger partial charge < -0.3 is 19.5 Å². The molecule has 0 spiro atoms. The molecule has 0 saturated carbocycles. The first-order valence-corrected chi connectivity index (χ1v) is 7.29. The first-order valence-electron chi connectivity index (χ1n) is 6.91. The van der Waals surface area contributed by atoms with Crippen LogP contribution in [-0.2, 0) is 6.42 Å². The third-order valence-corrected chi connectivity index (χ3v) is 3.40. The molecule has 0 saturated heterocycles. The Hall–Kier alpha value is -3.05. The highest BCUT2D eigenvalue weighted by atomic mass is 35.5. The van der Waals surface area contributed by atoms with Crippen LogP contribution in [0.5, 0.6) is 17.4 Å². The number of nitrogens with zero attached hydrogens (tertiary/aromatic N) is 3. The minimum absolute atomic E-state index is 0.0493. The number of halogens is 1. The van der Waals surface area contributed by atoms with Gasteiger partial charge in [-0.2, -0.15) is 5.26 Å². The van der Waals surface area contributed by atoms with Gasteiger partial charge in [-0.3, -0.25) is 0 Å². The van der Waals surface area contributed by atoms with Gasteiger partial charge in [-0.15, -0.1) is 0 Å². The molecule has 0 fully saturated rings. The van der Waals surface area contributed by atoms with E-state index < -0.39 is 6.09 Å². The van der Waals surface area contributed by atoms with Gasteiger partial charge in [0.1, 0.15) is 11.5 Å². The molecule has 1 aromatic carbocycles. The molecule has 0 atom stereocenters. The maximum atomic E-state index is 11.7. The fourth-order valence-electron chi connectivity index (χ4n) is 2.10. The summed E-state index contributed by atoms with van der Waals surface area (Å²) in [5, 5.41) is 11.9. The molecule has 1 N–H and O–H groups in total. The highest BCUT2D eigenvalue weighted by Gasteiger charge is 2.17. The van der Waals surface area contributed by atoms with Crippen LogP contribution in [0.25, 0.3) is 0 Å². The lowest BCUT2D eigenvalue weighted by Gasteiger charge is -2.08. The Morgan fingerprint density at radius 3 is 2.88 bits per heavy atom. The lowest BCUT2D eigenvalue weighted by atomic mass is 10.0. The van der Waals surface area contributed by atoms with Crippen LogP contribution >= 0.6 is 11.6 Å². The quantitative estimate of drug-likeness (QED) is 0.844. The van der Waals surface area contributed by atoms with Crippen LogP contribution in [-0.4, -0.2) is 29.4 Å². The van der Waals surface area contributed by atoms with E-state index in [1.54, 1.807) is 12.1 Å². The number of fused-ring (bicyclic) bond motifs is 1. The van der Waals surface area contributed by atoms with E-state index in [1.165, 1.54) is 12.4 Å². The smallest absolute Gasteiger partial charge is 0.413 e. The zero-order chi connectivity index (χ0) is 16.9. The zero-order valence-electron chi connectivity index (χ0n) is 12.3. The van der Waals surface area contributed by atoms with E-state index >= 15 is 0 Å². The SMILES string of the molecule is N#Cc1cc2c(cc1CCNC(=O)Oc1cc(Cl)ncn1)OCO2. The summed E-state index contributed by atoms with van der Waals surface area (Å²) in [6, 6.07) is 6.78. The number of amides is 1. The average Bonchev–Trinajstić information content (AvgIpc) is 3.01. The third kappa shape index (κ3) is 3.64. The van der Waals surface area contributed by atoms with Crippen molar-refractivity contribution in [3.05, 3.63) is 40.8 Å². The molecular weight excluding hydrogens is 336 g/mol. The predicted molar refractivity (Wildman–Crippen MR) is 82.1 cm³/mol. The highest BCUT2D eigenvalue weighted by Crippen LogP contribution is 2.34. The molecule has 2 aromatic rings. The molecule has 1 aliphatic heterocycles. The van der Waals surface area contributed by atoms with E-state index in [1.807, 2.05) is 0 Å². The number of hydrogen-bond donors (Lipinski definition) is 1. The molecule has 3 rings (SSSR count). The largest absolute Gasteiger partial charge is 0.454 e.